The van der Waals surface area contributed by atoms with Crippen molar-refractivity contribution in [3.63, 3.8) is 0 Å². The maximum Gasteiger partial charge on any atom is 0.122 e. The molecule has 0 spiro atoms. The minimum atomic E-state index is -0.484. The van der Waals surface area contributed by atoms with E-state index in [1.54, 1.807) is 0 Å². The number of morpholine rings is 1. The van der Waals surface area contributed by atoms with Crippen LogP contribution >= 0.6 is 0 Å². The summed E-state index contributed by atoms with van der Waals surface area (Å²) in [5.74, 6) is 0.859. The van der Waals surface area contributed by atoms with Gasteiger partial charge in [-0.3, -0.25) is 4.90 Å². The lowest BCUT2D eigenvalue weighted by Gasteiger charge is -2.36. The first-order valence-electron chi connectivity index (χ1n) is 7.70. The van der Waals surface area contributed by atoms with Gasteiger partial charge in [-0.2, -0.15) is 0 Å². The van der Waals surface area contributed by atoms with Crippen LogP contribution < -0.4 is 4.74 Å². The Hall–Kier alpha value is -1.10. The molecule has 3 atom stereocenters. The van der Waals surface area contributed by atoms with Crippen LogP contribution in [-0.2, 0) is 4.74 Å². The second-order valence-electron chi connectivity index (χ2n) is 6.14. The molecular weight excluding hydrogens is 266 g/mol. The number of hydrogen-bond acceptors (Lipinski definition) is 4. The summed E-state index contributed by atoms with van der Waals surface area (Å²) < 4.78 is 11.5. The number of nitrogens with zero attached hydrogens (tertiary/aromatic N) is 1. The molecule has 4 nitrogen and oxygen atoms in total. The number of hydrogen-bond donors (Lipinski definition) is 1. The first-order valence-corrected chi connectivity index (χ1v) is 7.70. The van der Waals surface area contributed by atoms with Gasteiger partial charge in [0.05, 0.1) is 12.2 Å². The molecule has 3 unspecified atom stereocenters. The molecule has 1 heterocycles. The lowest BCUT2D eigenvalue weighted by Crippen LogP contribution is -2.48. The van der Waals surface area contributed by atoms with Crippen molar-refractivity contribution < 1.29 is 14.6 Å². The Labute approximate surface area is 127 Å². The van der Waals surface area contributed by atoms with E-state index in [4.69, 9.17) is 9.47 Å². The van der Waals surface area contributed by atoms with Crippen molar-refractivity contribution in [1.82, 2.24) is 4.90 Å². The molecule has 4 heteroatoms. The summed E-state index contributed by atoms with van der Waals surface area (Å²) in [5, 5.41) is 10.2. The molecule has 1 aliphatic rings. The first kappa shape index (κ1) is 16.3. The fraction of sp³-hybridized carbons (Fsp3) is 0.647. The molecule has 1 aliphatic heterocycles. The van der Waals surface area contributed by atoms with E-state index in [1.165, 1.54) is 5.56 Å². The van der Waals surface area contributed by atoms with Crippen molar-refractivity contribution in [2.24, 2.45) is 0 Å². The Morgan fingerprint density at radius 2 is 1.95 bits per heavy atom. The highest BCUT2D eigenvalue weighted by molar-refractivity contribution is 5.38. The van der Waals surface area contributed by atoms with Gasteiger partial charge in [-0.05, 0) is 44.9 Å². The van der Waals surface area contributed by atoms with Crippen molar-refractivity contribution in [3.8, 4) is 5.75 Å². The van der Waals surface area contributed by atoms with E-state index in [1.807, 2.05) is 19.1 Å². The van der Waals surface area contributed by atoms with Crippen LogP contribution in [0.2, 0.25) is 0 Å². The molecule has 1 aromatic carbocycles. The summed E-state index contributed by atoms with van der Waals surface area (Å²) in [5.41, 5.74) is 2.34. The topological polar surface area (TPSA) is 41.9 Å². The second kappa shape index (κ2) is 7.25. The van der Waals surface area contributed by atoms with Crippen molar-refractivity contribution in [2.45, 2.75) is 46.0 Å². The van der Waals surface area contributed by atoms with Crippen molar-refractivity contribution in [3.05, 3.63) is 29.3 Å². The van der Waals surface area contributed by atoms with E-state index in [9.17, 15) is 5.11 Å². The molecule has 0 aliphatic carbocycles. The van der Waals surface area contributed by atoms with Gasteiger partial charge in [0, 0.05) is 19.6 Å². The molecule has 1 N–H and O–H groups in total. The van der Waals surface area contributed by atoms with E-state index < -0.39 is 6.10 Å². The van der Waals surface area contributed by atoms with Gasteiger partial charge in [-0.1, -0.05) is 12.1 Å². The zero-order chi connectivity index (χ0) is 15.4. The fourth-order valence-corrected chi connectivity index (χ4v) is 2.85. The molecule has 0 aromatic heterocycles. The Kier molecular flexibility index (Phi) is 5.62. The van der Waals surface area contributed by atoms with Gasteiger partial charge in [0.2, 0.25) is 0 Å². The molecule has 0 radical (unpaired) electrons. The SMILES string of the molecule is Cc1cccc(OCC(O)CN2CC(C)OC(C)C2)c1C. The van der Waals surface area contributed by atoms with Crippen LogP contribution in [0.1, 0.15) is 25.0 Å². The van der Waals surface area contributed by atoms with Crippen LogP contribution in [0.15, 0.2) is 18.2 Å². The first-order chi connectivity index (χ1) is 9.95. The van der Waals surface area contributed by atoms with Gasteiger partial charge < -0.3 is 14.6 Å². The largest absolute Gasteiger partial charge is 0.491 e. The zero-order valence-corrected chi connectivity index (χ0v) is 13.5. The van der Waals surface area contributed by atoms with Gasteiger partial charge in [-0.25, -0.2) is 0 Å². The third-order valence-corrected chi connectivity index (χ3v) is 3.95. The number of benzene rings is 1. The van der Waals surface area contributed by atoms with Crippen LogP contribution in [-0.4, -0.2) is 54.6 Å². The van der Waals surface area contributed by atoms with E-state index in [0.29, 0.717) is 13.2 Å². The monoisotopic (exact) mass is 293 g/mol. The smallest absolute Gasteiger partial charge is 0.122 e. The average Bonchev–Trinajstić information content (AvgIpc) is 2.39. The van der Waals surface area contributed by atoms with Crippen molar-refractivity contribution in [1.29, 1.82) is 0 Å². The van der Waals surface area contributed by atoms with Gasteiger partial charge in [0.25, 0.3) is 0 Å². The number of aryl methyl sites for hydroxylation is 1. The van der Waals surface area contributed by atoms with Gasteiger partial charge in [-0.15, -0.1) is 0 Å². The summed E-state index contributed by atoms with van der Waals surface area (Å²) in [6.45, 7) is 10.9. The van der Waals surface area contributed by atoms with Crippen LogP contribution in [0.3, 0.4) is 0 Å². The summed E-state index contributed by atoms with van der Waals surface area (Å²) in [6, 6.07) is 6.00. The van der Waals surface area contributed by atoms with E-state index >= 15 is 0 Å². The van der Waals surface area contributed by atoms with Crippen molar-refractivity contribution >= 4 is 0 Å². The molecular formula is C17H27NO3. The highest BCUT2D eigenvalue weighted by Crippen LogP contribution is 2.20. The third-order valence-electron chi connectivity index (χ3n) is 3.95. The highest BCUT2D eigenvalue weighted by Gasteiger charge is 2.24. The predicted octanol–water partition coefficient (Wildman–Crippen LogP) is 2.15. The Balaban J connectivity index is 1.82. The maximum absolute atomic E-state index is 10.2. The normalized spacial score (nSPS) is 24.8. The molecule has 1 aromatic rings. The van der Waals surface area contributed by atoms with E-state index in [2.05, 4.69) is 31.7 Å². The molecule has 21 heavy (non-hydrogen) atoms. The highest BCUT2D eigenvalue weighted by atomic mass is 16.5. The number of ether oxygens (including phenoxy) is 2. The van der Waals surface area contributed by atoms with Crippen LogP contribution in [0.25, 0.3) is 0 Å². The van der Waals surface area contributed by atoms with Gasteiger partial charge in [0.15, 0.2) is 0 Å². The molecule has 1 saturated heterocycles. The molecule has 0 saturated carbocycles. The fourth-order valence-electron chi connectivity index (χ4n) is 2.85. The average molecular weight is 293 g/mol. The van der Waals surface area contributed by atoms with Crippen LogP contribution in [0.5, 0.6) is 5.75 Å². The zero-order valence-electron chi connectivity index (χ0n) is 13.5. The molecule has 1 fully saturated rings. The maximum atomic E-state index is 10.2. The molecule has 118 valence electrons. The molecule has 0 amide bonds. The lowest BCUT2D eigenvalue weighted by atomic mass is 10.1. The summed E-state index contributed by atoms with van der Waals surface area (Å²) in [7, 11) is 0. The molecule has 2 rings (SSSR count). The van der Waals surface area contributed by atoms with Crippen LogP contribution in [0.4, 0.5) is 0 Å². The van der Waals surface area contributed by atoms with Gasteiger partial charge >= 0.3 is 0 Å². The minimum Gasteiger partial charge on any atom is -0.491 e. The number of aliphatic hydroxyl groups excluding tert-OH is 1. The predicted molar refractivity (Wildman–Crippen MR) is 83.9 cm³/mol. The minimum absolute atomic E-state index is 0.223. The van der Waals surface area contributed by atoms with Crippen LogP contribution in [0, 0.1) is 13.8 Å². The Bertz CT molecular complexity index is 453. The number of aliphatic hydroxyl groups is 1. The summed E-state index contributed by atoms with van der Waals surface area (Å²) in [6.07, 6.45) is -0.0378. The Morgan fingerprint density at radius 1 is 1.29 bits per heavy atom. The van der Waals surface area contributed by atoms with Gasteiger partial charge in [0.1, 0.15) is 18.5 Å². The van der Waals surface area contributed by atoms with Crippen molar-refractivity contribution in [2.75, 3.05) is 26.2 Å². The quantitative estimate of drug-likeness (QED) is 0.903. The third kappa shape index (κ3) is 4.70. The second-order valence-corrected chi connectivity index (χ2v) is 6.14. The van der Waals surface area contributed by atoms with E-state index in [-0.39, 0.29) is 12.2 Å². The number of rotatable bonds is 5. The lowest BCUT2D eigenvalue weighted by molar-refractivity contribution is -0.0786. The standard InChI is InChI=1S/C17H27NO3/c1-12-6-5-7-17(15(12)4)20-11-16(19)10-18-8-13(2)21-14(3)9-18/h5-7,13-14,16,19H,8-11H2,1-4H3. The number of β-amino-alcohol motifs (C(OH)–C–C–N with tert-alkyl or cyclic N) is 1. The summed E-state index contributed by atoms with van der Waals surface area (Å²) in [4.78, 5) is 2.25. The van der Waals surface area contributed by atoms with E-state index in [0.717, 1.165) is 24.4 Å². The summed E-state index contributed by atoms with van der Waals surface area (Å²) >= 11 is 0. The Morgan fingerprint density at radius 3 is 2.62 bits per heavy atom. The molecule has 0 bridgehead atoms.